The highest BCUT2D eigenvalue weighted by atomic mass is 127. The minimum atomic E-state index is -4.65. The zero-order chi connectivity index (χ0) is 17.0. The number of nitro benzene ring substituents is 1. The van der Waals surface area contributed by atoms with Crippen LogP contribution in [0.25, 0.3) is 0 Å². The standard InChI is InChI=1S/C14H9F3IN3O2/c15-14(16,17)10-5-6-12(13(7-10)21(22)23)20-19-8-9-3-1-2-4-11(9)18/h1-8,20H/b19-8+. The van der Waals surface area contributed by atoms with Gasteiger partial charge in [-0.2, -0.15) is 18.3 Å². The fraction of sp³-hybridized carbons (Fsp3) is 0.0714. The Morgan fingerprint density at radius 2 is 1.91 bits per heavy atom. The SMILES string of the molecule is O=[N+]([O-])c1cc(C(F)(F)F)ccc1N/N=C/c1ccccc1I. The zero-order valence-electron chi connectivity index (χ0n) is 11.3. The summed E-state index contributed by atoms with van der Waals surface area (Å²) in [6.45, 7) is 0. The van der Waals surface area contributed by atoms with E-state index in [1.54, 1.807) is 12.1 Å². The highest BCUT2D eigenvalue weighted by Crippen LogP contribution is 2.34. The van der Waals surface area contributed by atoms with E-state index in [4.69, 9.17) is 0 Å². The normalized spacial score (nSPS) is 11.7. The molecule has 0 aliphatic carbocycles. The fourth-order valence-electron chi connectivity index (χ4n) is 1.70. The van der Waals surface area contributed by atoms with E-state index in [-0.39, 0.29) is 5.69 Å². The first kappa shape index (κ1) is 17.2. The summed E-state index contributed by atoms with van der Waals surface area (Å²) in [5, 5.41) is 14.8. The number of hydrogen-bond donors (Lipinski definition) is 1. The number of rotatable bonds is 4. The van der Waals surface area contributed by atoms with Crippen molar-refractivity contribution >= 4 is 40.2 Å². The first-order valence-electron chi connectivity index (χ1n) is 6.18. The molecule has 0 bridgehead atoms. The van der Waals surface area contributed by atoms with Crippen molar-refractivity contribution in [2.75, 3.05) is 5.43 Å². The van der Waals surface area contributed by atoms with E-state index in [1.165, 1.54) is 6.21 Å². The van der Waals surface area contributed by atoms with Gasteiger partial charge in [-0.1, -0.05) is 18.2 Å². The third-order valence-electron chi connectivity index (χ3n) is 2.82. The third-order valence-corrected chi connectivity index (χ3v) is 3.80. The summed E-state index contributed by atoms with van der Waals surface area (Å²) in [5.41, 5.74) is 1.28. The molecule has 0 unspecified atom stereocenters. The van der Waals surface area contributed by atoms with Gasteiger partial charge in [-0.3, -0.25) is 15.5 Å². The van der Waals surface area contributed by atoms with Gasteiger partial charge in [0.1, 0.15) is 5.69 Å². The van der Waals surface area contributed by atoms with Crippen LogP contribution in [-0.2, 0) is 6.18 Å². The minimum absolute atomic E-state index is 0.120. The van der Waals surface area contributed by atoms with E-state index in [0.717, 1.165) is 21.3 Å². The lowest BCUT2D eigenvalue weighted by Gasteiger charge is -2.08. The average molecular weight is 435 g/mol. The Labute approximate surface area is 142 Å². The van der Waals surface area contributed by atoms with E-state index in [2.05, 4.69) is 33.1 Å². The quantitative estimate of drug-likeness (QED) is 0.329. The second kappa shape index (κ2) is 6.94. The number of nitro groups is 1. The topological polar surface area (TPSA) is 67.5 Å². The van der Waals surface area contributed by atoms with Gasteiger partial charge in [-0.15, -0.1) is 0 Å². The van der Waals surface area contributed by atoms with Crippen molar-refractivity contribution in [3.05, 3.63) is 67.3 Å². The summed E-state index contributed by atoms with van der Waals surface area (Å²) in [4.78, 5) is 10.0. The van der Waals surface area contributed by atoms with Crippen LogP contribution in [0.15, 0.2) is 47.6 Å². The van der Waals surface area contributed by atoms with Crippen LogP contribution in [0.5, 0.6) is 0 Å². The van der Waals surface area contributed by atoms with E-state index >= 15 is 0 Å². The van der Waals surface area contributed by atoms with Crippen LogP contribution in [0, 0.1) is 13.7 Å². The molecule has 9 heteroatoms. The third kappa shape index (κ3) is 4.41. The molecule has 0 saturated carbocycles. The molecular formula is C14H9F3IN3O2. The molecule has 23 heavy (non-hydrogen) atoms. The van der Waals surface area contributed by atoms with Crippen LogP contribution in [0.1, 0.15) is 11.1 Å². The lowest BCUT2D eigenvalue weighted by molar-refractivity contribution is -0.384. The van der Waals surface area contributed by atoms with Crippen LogP contribution in [0.3, 0.4) is 0 Å². The molecule has 120 valence electrons. The summed E-state index contributed by atoms with van der Waals surface area (Å²) >= 11 is 2.09. The van der Waals surface area contributed by atoms with Crippen molar-refractivity contribution in [2.24, 2.45) is 5.10 Å². The van der Waals surface area contributed by atoms with E-state index in [9.17, 15) is 23.3 Å². The first-order chi connectivity index (χ1) is 10.8. The van der Waals surface area contributed by atoms with Crippen LogP contribution in [0.2, 0.25) is 0 Å². The number of halogens is 4. The second-order valence-electron chi connectivity index (χ2n) is 4.38. The van der Waals surface area contributed by atoms with Crippen molar-refractivity contribution in [3.8, 4) is 0 Å². The monoisotopic (exact) mass is 435 g/mol. The van der Waals surface area contributed by atoms with E-state index in [0.29, 0.717) is 6.07 Å². The minimum Gasteiger partial charge on any atom is -0.272 e. The van der Waals surface area contributed by atoms with Crippen molar-refractivity contribution in [2.45, 2.75) is 6.18 Å². The van der Waals surface area contributed by atoms with Crippen molar-refractivity contribution in [1.82, 2.24) is 0 Å². The predicted molar refractivity (Wildman–Crippen MR) is 88.5 cm³/mol. The Hall–Kier alpha value is -2.17. The summed E-state index contributed by atoms with van der Waals surface area (Å²) in [6, 6.07) is 9.49. The average Bonchev–Trinajstić information content (AvgIpc) is 2.48. The number of nitrogens with one attached hydrogen (secondary N) is 1. The predicted octanol–water partition coefficient (Wildman–Crippen LogP) is 4.66. The molecule has 0 radical (unpaired) electrons. The highest BCUT2D eigenvalue weighted by molar-refractivity contribution is 14.1. The number of anilines is 1. The van der Waals surface area contributed by atoms with Crippen molar-refractivity contribution in [1.29, 1.82) is 0 Å². The number of nitrogens with zero attached hydrogens (tertiary/aromatic N) is 2. The van der Waals surface area contributed by atoms with Gasteiger partial charge in [-0.05, 0) is 40.8 Å². The van der Waals surface area contributed by atoms with Gasteiger partial charge in [0, 0.05) is 15.2 Å². The summed E-state index contributed by atoms with van der Waals surface area (Å²) in [6.07, 6.45) is -3.21. The van der Waals surface area contributed by atoms with Gasteiger partial charge in [0.2, 0.25) is 0 Å². The molecule has 0 saturated heterocycles. The summed E-state index contributed by atoms with van der Waals surface area (Å²) < 4.78 is 38.7. The van der Waals surface area contributed by atoms with Crippen molar-refractivity contribution < 1.29 is 18.1 Å². The Morgan fingerprint density at radius 3 is 2.52 bits per heavy atom. The van der Waals surface area contributed by atoms with E-state index < -0.39 is 22.4 Å². The lowest BCUT2D eigenvalue weighted by atomic mass is 10.1. The van der Waals surface area contributed by atoms with Crippen molar-refractivity contribution in [3.63, 3.8) is 0 Å². The van der Waals surface area contributed by atoms with Crippen LogP contribution in [0.4, 0.5) is 24.5 Å². The fourth-order valence-corrected chi connectivity index (χ4v) is 2.23. The maximum Gasteiger partial charge on any atom is 0.416 e. The molecular weight excluding hydrogens is 426 g/mol. The molecule has 1 N–H and O–H groups in total. The molecule has 0 atom stereocenters. The maximum absolute atomic E-state index is 12.6. The smallest absolute Gasteiger partial charge is 0.272 e. The maximum atomic E-state index is 12.6. The summed E-state index contributed by atoms with van der Waals surface area (Å²) in [5.74, 6) is 0. The number of alkyl halides is 3. The van der Waals surface area contributed by atoms with Gasteiger partial charge in [0.25, 0.3) is 5.69 Å². The van der Waals surface area contributed by atoms with Gasteiger partial charge in [-0.25, -0.2) is 0 Å². The number of benzene rings is 2. The lowest BCUT2D eigenvalue weighted by Crippen LogP contribution is -2.06. The van der Waals surface area contributed by atoms with Gasteiger partial charge < -0.3 is 0 Å². The molecule has 2 rings (SSSR count). The van der Waals surface area contributed by atoms with Crippen LogP contribution < -0.4 is 5.43 Å². The first-order valence-corrected chi connectivity index (χ1v) is 7.26. The van der Waals surface area contributed by atoms with Gasteiger partial charge in [0.15, 0.2) is 0 Å². The summed E-state index contributed by atoms with van der Waals surface area (Å²) in [7, 11) is 0. The zero-order valence-corrected chi connectivity index (χ0v) is 13.5. The Kier molecular flexibility index (Phi) is 5.19. The molecule has 0 aliphatic heterocycles. The Morgan fingerprint density at radius 1 is 1.22 bits per heavy atom. The molecule has 0 aromatic heterocycles. The Balaban J connectivity index is 2.26. The highest BCUT2D eigenvalue weighted by Gasteiger charge is 2.33. The Bertz CT molecular complexity index is 763. The van der Waals surface area contributed by atoms with Crippen LogP contribution >= 0.6 is 22.6 Å². The molecule has 0 fully saturated rings. The van der Waals surface area contributed by atoms with Gasteiger partial charge in [0.05, 0.1) is 16.7 Å². The number of hydrogen-bond acceptors (Lipinski definition) is 4. The van der Waals surface area contributed by atoms with Crippen LogP contribution in [-0.4, -0.2) is 11.1 Å². The molecule has 0 spiro atoms. The van der Waals surface area contributed by atoms with E-state index in [1.807, 2.05) is 12.1 Å². The molecule has 0 heterocycles. The largest absolute Gasteiger partial charge is 0.416 e. The van der Waals surface area contributed by atoms with Gasteiger partial charge >= 0.3 is 6.18 Å². The number of hydrazone groups is 1. The molecule has 2 aromatic rings. The second-order valence-corrected chi connectivity index (χ2v) is 5.54. The molecule has 0 aliphatic rings. The molecule has 2 aromatic carbocycles. The molecule has 0 amide bonds. The molecule has 5 nitrogen and oxygen atoms in total.